The van der Waals surface area contributed by atoms with Gasteiger partial charge < -0.3 is 4.74 Å². The van der Waals surface area contributed by atoms with Crippen LogP contribution < -0.4 is 0 Å². The van der Waals surface area contributed by atoms with Crippen molar-refractivity contribution in [2.75, 3.05) is 0 Å². The van der Waals surface area contributed by atoms with Crippen molar-refractivity contribution >= 4 is 11.8 Å². The zero-order valence-electron chi connectivity index (χ0n) is 8.87. The molecule has 0 spiro atoms. The second-order valence-corrected chi connectivity index (χ2v) is 3.98. The van der Waals surface area contributed by atoms with Crippen molar-refractivity contribution in [1.29, 1.82) is 0 Å². The summed E-state index contributed by atoms with van der Waals surface area (Å²) in [5.41, 5.74) is 1.08. The van der Waals surface area contributed by atoms with Crippen LogP contribution in [-0.4, -0.2) is 17.9 Å². The normalized spacial score (nSPS) is 22.1. The molecule has 0 saturated carbocycles. The van der Waals surface area contributed by atoms with E-state index in [-0.39, 0.29) is 17.9 Å². The van der Waals surface area contributed by atoms with Gasteiger partial charge in [-0.2, -0.15) is 0 Å². The molecule has 1 atom stereocenters. The summed E-state index contributed by atoms with van der Waals surface area (Å²) in [5.74, 6) is 0.0938. The Morgan fingerprint density at radius 2 is 2.14 bits per heavy atom. The van der Waals surface area contributed by atoms with Crippen LogP contribution in [0.2, 0.25) is 0 Å². The molecule has 0 saturated heterocycles. The van der Waals surface area contributed by atoms with Crippen LogP contribution in [0.4, 0.5) is 0 Å². The number of hydrogen-bond acceptors (Lipinski definition) is 3. The first-order valence-corrected chi connectivity index (χ1v) is 4.89. The Labute approximate surface area is 84.1 Å². The lowest BCUT2D eigenvalue weighted by atomic mass is 9.89. The molecule has 0 aromatic heterocycles. The van der Waals surface area contributed by atoms with E-state index in [1.54, 1.807) is 6.08 Å². The Morgan fingerprint density at radius 1 is 1.50 bits per heavy atom. The van der Waals surface area contributed by atoms with Crippen LogP contribution in [-0.2, 0) is 14.3 Å². The summed E-state index contributed by atoms with van der Waals surface area (Å²) in [4.78, 5) is 22.0. The Morgan fingerprint density at radius 3 is 2.64 bits per heavy atom. The van der Waals surface area contributed by atoms with Crippen molar-refractivity contribution in [3.63, 3.8) is 0 Å². The van der Waals surface area contributed by atoms with Crippen LogP contribution in [0.15, 0.2) is 11.6 Å². The second kappa shape index (κ2) is 4.40. The molecule has 1 aliphatic rings. The summed E-state index contributed by atoms with van der Waals surface area (Å²) >= 11 is 0. The van der Waals surface area contributed by atoms with Crippen molar-refractivity contribution < 1.29 is 14.3 Å². The Hall–Kier alpha value is -1.12. The predicted molar refractivity (Wildman–Crippen MR) is 52.7 cm³/mol. The fourth-order valence-corrected chi connectivity index (χ4v) is 1.60. The standard InChI is InChI=1S/C11H16O3/c1-7(2)9-4-10(13)6-11(5-9)14-8(3)12/h4,7,11H,5-6H2,1-3H3. The van der Waals surface area contributed by atoms with Gasteiger partial charge in [-0.25, -0.2) is 0 Å². The molecule has 0 N–H and O–H groups in total. The lowest BCUT2D eigenvalue weighted by molar-refractivity contribution is -0.147. The average molecular weight is 196 g/mol. The maximum Gasteiger partial charge on any atom is 0.302 e. The molecule has 14 heavy (non-hydrogen) atoms. The topological polar surface area (TPSA) is 43.4 Å². The highest BCUT2D eigenvalue weighted by atomic mass is 16.5. The van der Waals surface area contributed by atoms with Crippen LogP contribution in [0.3, 0.4) is 0 Å². The molecule has 0 fully saturated rings. The smallest absolute Gasteiger partial charge is 0.302 e. The van der Waals surface area contributed by atoms with Gasteiger partial charge in [0, 0.05) is 19.8 Å². The third kappa shape index (κ3) is 2.98. The van der Waals surface area contributed by atoms with Gasteiger partial charge in [0.25, 0.3) is 0 Å². The molecule has 78 valence electrons. The molecular formula is C11H16O3. The van der Waals surface area contributed by atoms with Crippen molar-refractivity contribution in [1.82, 2.24) is 0 Å². The lowest BCUT2D eigenvalue weighted by Crippen LogP contribution is -2.25. The van der Waals surface area contributed by atoms with E-state index in [0.29, 0.717) is 18.8 Å². The van der Waals surface area contributed by atoms with Gasteiger partial charge in [-0.3, -0.25) is 9.59 Å². The highest BCUT2D eigenvalue weighted by Gasteiger charge is 2.23. The number of hydrogen-bond donors (Lipinski definition) is 0. The Balaban J connectivity index is 2.66. The van der Waals surface area contributed by atoms with Gasteiger partial charge in [-0.05, 0) is 12.0 Å². The zero-order chi connectivity index (χ0) is 10.7. The second-order valence-electron chi connectivity index (χ2n) is 3.98. The molecule has 0 aromatic rings. The molecule has 3 nitrogen and oxygen atoms in total. The minimum absolute atomic E-state index is 0.0613. The van der Waals surface area contributed by atoms with Gasteiger partial charge in [0.05, 0.1) is 0 Å². The van der Waals surface area contributed by atoms with E-state index in [1.165, 1.54) is 6.92 Å². The minimum atomic E-state index is -0.312. The van der Waals surface area contributed by atoms with Gasteiger partial charge in [0.2, 0.25) is 0 Å². The van der Waals surface area contributed by atoms with E-state index in [2.05, 4.69) is 0 Å². The zero-order valence-corrected chi connectivity index (χ0v) is 8.87. The SMILES string of the molecule is CC(=O)OC1CC(=O)C=C(C(C)C)C1. The third-order valence-electron chi connectivity index (χ3n) is 2.31. The van der Waals surface area contributed by atoms with E-state index in [1.807, 2.05) is 13.8 Å². The monoisotopic (exact) mass is 196 g/mol. The number of allylic oxidation sites excluding steroid dienone is 1. The van der Waals surface area contributed by atoms with Gasteiger partial charge in [0.1, 0.15) is 6.10 Å². The lowest BCUT2D eigenvalue weighted by Gasteiger charge is -2.23. The van der Waals surface area contributed by atoms with E-state index in [4.69, 9.17) is 4.74 Å². The largest absolute Gasteiger partial charge is 0.462 e. The van der Waals surface area contributed by atoms with E-state index in [0.717, 1.165) is 5.57 Å². The summed E-state index contributed by atoms with van der Waals surface area (Å²) in [6.07, 6.45) is 2.46. The van der Waals surface area contributed by atoms with Crippen molar-refractivity contribution in [2.45, 2.75) is 39.7 Å². The maximum atomic E-state index is 11.3. The minimum Gasteiger partial charge on any atom is -0.462 e. The summed E-state index contributed by atoms with van der Waals surface area (Å²) in [7, 11) is 0. The summed E-state index contributed by atoms with van der Waals surface area (Å²) in [6, 6.07) is 0. The van der Waals surface area contributed by atoms with Crippen molar-refractivity contribution in [2.24, 2.45) is 5.92 Å². The van der Waals surface area contributed by atoms with Gasteiger partial charge in [0.15, 0.2) is 5.78 Å². The van der Waals surface area contributed by atoms with Crippen LogP contribution in [0, 0.1) is 5.92 Å². The van der Waals surface area contributed by atoms with Crippen LogP contribution >= 0.6 is 0 Å². The number of esters is 1. The first-order chi connectivity index (χ1) is 6.49. The predicted octanol–water partition coefficient (Wildman–Crippen LogP) is 1.86. The quantitative estimate of drug-likeness (QED) is 0.633. The van der Waals surface area contributed by atoms with Gasteiger partial charge >= 0.3 is 5.97 Å². The number of carbonyl (C=O) groups is 2. The van der Waals surface area contributed by atoms with Crippen LogP contribution in [0.5, 0.6) is 0 Å². The molecule has 0 bridgehead atoms. The number of ketones is 1. The highest BCUT2D eigenvalue weighted by molar-refractivity contribution is 5.92. The molecule has 3 heteroatoms. The Kier molecular flexibility index (Phi) is 3.44. The molecule has 1 rings (SSSR count). The van der Waals surface area contributed by atoms with Crippen molar-refractivity contribution in [3.05, 3.63) is 11.6 Å². The first kappa shape index (κ1) is 11.0. The molecule has 0 heterocycles. The molecule has 1 aliphatic carbocycles. The summed E-state index contributed by atoms with van der Waals surface area (Å²) in [5, 5.41) is 0. The summed E-state index contributed by atoms with van der Waals surface area (Å²) in [6.45, 7) is 5.45. The van der Waals surface area contributed by atoms with E-state index >= 15 is 0 Å². The molecule has 0 amide bonds. The highest BCUT2D eigenvalue weighted by Crippen LogP contribution is 2.24. The molecule has 0 radical (unpaired) electrons. The van der Waals surface area contributed by atoms with Crippen LogP contribution in [0.25, 0.3) is 0 Å². The molecular weight excluding hydrogens is 180 g/mol. The van der Waals surface area contributed by atoms with E-state index in [9.17, 15) is 9.59 Å². The van der Waals surface area contributed by atoms with Crippen molar-refractivity contribution in [3.8, 4) is 0 Å². The maximum absolute atomic E-state index is 11.3. The first-order valence-electron chi connectivity index (χ1n) is 4.89. The molecule has 1 unspecified atom stereocenters. The van der Waals surface area contributed by atoms with Gasteiger partial charge in [-0.15, -0.1) is 0 Å². The number of ether oxygens (including phenoxy) is 1. The fourth-order valence-electron chi connectivity index (χ4n) is 1.60. The fraction of sp³-hybridized carbons (Fsp3) is 0.636. The van der Waals surface area contributed by atoms with Crippen LogP contribution in [0.1, 0.15) is 33.6 Å². The third-order valence-corrected chi connectivity index (χ3v) is 2.31. The Bertz CT molecular complexity index is 276. The summed E-state index contributed by atoms with van der Waals surface area (Å²) < 4.78 is 5.04. The van der Waals surface area contributed by atoms with E-state index < -0.39 is 0 Å². The number of carbonyl (C=O) groups excluding carboxylic acids is 2. The molecule has 0 aromatic carbocycles. The van der Waals surface area contributed by atoms with Gasteiger partial charge in [-0.1, -0.05) is 19.4 Å². The molecule has 0 aliphatic heterocycles. The number of rotatable bonds is 2. The average Bonchev–Trinajstić information content (AvgIpc) is 2.01.